The Morgan fingerprint density at radius 3 is 2.44 bits per heavy atom. The molecule has 1 aromatic rings. The first-order valence-corrected chi connectivity index (χ1v) is 5.96. The molecule has 0 radical (unpaired) electrons. The summed E-state index contributed by atoms with van der Waals surface area (Å²) in [6, 6.07) is 7.76. The maximum atomic E-state index is 11.9. The molecule has 0 aliphatic carbocycles. The number of carbonyl (C=O) groups excluding carboxylic acids is 1. The van der Waals surface area contributed by atoms with E-state index in [2.05, 4.69) is 10.2 Å². The molecular weight excluding hydrogens is 230 g/mol. The maximum absolute atomic E-state index is 11.9. The van der Waals surface area contributed by atoms with Crippen molar-refractivity contribution in [3.8, 4) is 5.75 Å². The highest BCUT2D eigenvalue weighted by molar-refractivity contribution is 5.90. The van der Waals surface area contributed by atoms with Crippen molar-refractivity contribution in [1.82, 2.24) is 9.80 Å². The summed E-state index contributed by atoms with van der Waals surface area (Å²) in [7, 11) is 5.68. The van der Waals surface area contributed by atoms with Crippen molar-refractivity contribution in [3.05, 3.63) is 24.3 Å². The number of hydrogen-bond acceptors (Lipinski definition) is 3. The predicted molar refractivity (Wildman–Crippen MR) is 71.1 cm³/mol. The highest BCUT2D eigenvalue weighted by Gasteiger charge is 2.31. The summed E-state index contributed by atoms with van der Waals surface area (Å²) in [6.07, 6.45) is 0. The van der Waals surface area contributed by atoms with Gasteiger partial charge in [-0.05, 0) is 38.4 Å². The van der Waals surface area contributed by atoms with Crippen LogP contribution in [0.15, 0.2) is 24.3 Å². The normalized spacial score (nSPS) is 15.4. The lowest BCUT2D eigenvalue weighted by Crippen LogP contribution is -2.60. The van der Waals surface area contributed by atoms with E-state index in [1.165, 1.54) is 0 Å². The molecule has 18 heavy (non-hydrogen) atoms. The lowest BCUT2D eigenvalue weighted by molar-refractivity contribution is 0.0942. The van der Waals surface area contributed by atoms with Crippen LogP contribution in [-0.4, -0.2) is 56.2 Å². The number of hydrogen-bond donors (Lipinski definition) is 1. The number of carbonyl (C=O) groups is 1. The molecule has 0 atom stereocenters. The summed E-state index contributed by atoms with van der Waals surface area (Å²) >= 11 is 0. The molecule has 1 fully saturated rings. The Hall–Kier alpha value is -1.75. The van der Waals surface area contributed by atoms with Crippen molar-refractivity contribution >= 4 is 11.7 Å². The molecule has 98 valence electrons. The second kappa shape index (κ2) is 5.27. The zero-order valence-electron chi connectivity index (χ0n) is 11.0. The summed E-state index contributed by atoms with van der Waals surface area (Å²) in [5.41, 5.74) is 0.786. The van der Waals surface area contributed by atoms with Crippen molar-refractivity contribution in [2.45, 2.75) is 6.04 Å². The topological polar surface area (TPSA) is 44.8 Å². The molecule has 5 nitrogen and oxygen atoms in total. The van der Waals surface area contributed by atoms with Crippen LogP contribution in [0.3, 0.4) is 0 Å². The predicted octanol–water partition coefficient (Wildman–Crippen LogP) is 1.47. The SMILES string of the molecule is COc1ccc(NC(=O)N2CC(N(C)C)C2)cc1. The highest BCUT2D eigenvalue weighted by atomic mass is 16.5. The van der Waals surface area contributed by atoms with Crippen molar-refractivity contribution in [1.29, 1.82) is 0 Å². The number of rotatable bonds is 3. The molecular formula is C13H19N3O2. The van der Waals surface area contributed by atoms with Gasteiger partial charge in [-0.25, -0.2) is 4.79 Å². The van der Waals surface area contributed by atoms with Gasteiger partial charge in [0.2, 0.25) is 0 Å². The lowest BCUT2D eigenvalue weighted by atomic mass is 10.1. The fraction of sp³-hybridized carbons (Fsp3) is 0.462. The third-order valence-corrected chi connectivity index (χ3v) is 3.22. The Balaban J connectivity index is 1.84. The quantitative estimate of drug-likeness (QED) is 0.882. The van der Waals surface area contributed by atoms with Crippen molar-refractivity contribution in [2.75, 3.05) is 39.6 Å². The van der Waals surface area contributed by atoms with Crippen LogP contribution in [-0.2, 0) is 0 Å². The number of amides is 2. The number of methoxy groups -OCH3 is 1. The van der Waals surface area contributed by atoms with Gasteiger partial charge in [-0.3, -0.25) is 0 Å². The van der Waals surface area contributed by atoms with Crippen LogP contribution in [0.2, 0.25) is 0 Å². The van der Waals surface area contributed by atoms with Gasteiger partial charge in [-0.2, -0.15) is 0 Å². The van der Waals surface area contributed by atoms with E-state index >= 15 is 0 Å². The zero-order chi connectivity index (χ0) is 13.1. The van der Waals surface area contributed by atoms with Crippen LogP contribution < -0.4 is 10.1 Å². The fourth-order valence-corrected chi connectivity index (χ4v) is 1.82. The van der Waals surface area contributed by atoms with E-state index in [9.17, 15) is 4.79 Å². The second-order valence-electron chi connectivity index (χ2n) is 4.68. The van der Waals surface area contributed by atoms with E-state index < -0.39 is 0 Å². The van der Waals surface area contributed by atoms with Gasteiger partial charge in [0.15, 0.2) is 0 Å². The van der Waals surface area contributed by atoms with Crippen LogP contribution >= 0.6 is 0 Å². The van der Waals surface area contributed by atoms with E-state index in [1.807, 2.05) is 38.4 Å². The summed E-state index contributed by atoms with van der Waals surface area (Å²) in [5, 5.41) is 2.87. The monoisotopic (exact) mass is 249 g/mol. The van der Waals surface area contributed by atoms with E-state index in [-0.39, 0.29) is 6.03 Å². The van der Waals surface area contributed by atoms with Crippen molar-refractivity contribution < 1.29 is 9.53 Å². The number of urea groups is 1. The molecule has 0 unspecified atom stereocenters. The van der Waals surface area contributed by atoms with E-state index in [1.54, 1.807) is 12.0 Å². The first-order chi connectivity index (χ1) is 8.60. The van der Waals surface area contributed by atoms with Crippen molar-refractivity contribution in [2.24, 2.45) is 0 Å². The molecule has 1 N–H and O–H groups in total. The van der Waals surface area contributed by atoms with Gasteiger partial charge < -0.3 is 19.9 Å². The van der Waals surface area contributed by atoms with E-state index in [4.69, 9.17) is 4.74 Å². The molecule has 1 saturated heterocycles. The molecule has 2 amide bonds. The lowest BCUT2D eigenvalue weighted by Gasteiger charge is -2.42. The fourth-order valence-electron chi connectivity index (χ4n) is 1.82. The summed E-state index contributed by atoms with van der Waals surface area (Å²) in [4.78, 5) is 15.8. The Bertz CT molecular complexity index is 411. The molecule has 1 aliphatic rings. The van der Waals surface area contributed by atoms with Crippen LogP contribution in [0.5, 0.6) is 5.75 Å². The van der Waals surface area contributed by atoms with Crippen LogP contribution in [0.25, 0.3) is 0 Å². The minimum Gasteiger partial charge on any atom is -0.497 e. The van der Waals surface area contributed by atoms with Gasteiger partial charge >= 0.3 is 6.03 Å². The molecule has 1 aromatic carbocycles. The Morgan fingerprint density at radius 2 is 1.94 bits per heavy atom. The average molecular weight is 249 g/mol. The minimum absolute atomic E-state index is 0.0433. The molecule has 0 saturated carbocycles. The Labute approximate surface area is 107 Å². The Morgan fingerprint density at radius 1 is 1.33 bits per heavy atom. The third kappa shape index (κ3) is 2.73. The molecule has 0 aromatic heterocycles. The number of anilines is 1. The maximum Gasteiger partial charge on any atom is 0.321 e. The number of nitrogens with zero attached hydrogens (tertiary/aromatic N) is 2. The van der Waals surface area contributed by atoms with Crippen LogP contribution in [0.1, 0.15) is 0 Å². The number of ether oxygens (including phenoxy) is 1. The van der Waals surface area contributed by atoms with Gasteiger partial charge in [0.25, 0.3) is 0 Å². The average Bonchev–Trinajstić information content (AvgIpc) is 2.27. The van der Waals surface area contributed by atoms with Crippen LogP contribution in [0.4, 0.5) is 10.5 Å². The minimum atomic E-state index is -0.0433. The number of benzene rings is 1. The van der Waals surface area contributed by atoms with Gasteiger partial charge in [0.1, 0.15) is 5.75 Å². The van der Waals surface area contributed by atoms with Gasteiger partial charge in [-0.15, -0.1) is 0 Å². The highest BCUT2D eigenvalue weighted by Crippen LogP contribution is 2.17. The van der Waals surface area contributed by atoms with E-state index in [0.29, 0.717) is 6.04 Å². The van der Waals surface area contributed by atoms with Crippen LogP contribution in [0, 0.1) is 0 Å². The number of nitrogens with one attached hydrogen (secondary N) is 1. The first-order valence-electron chi connectivity index (χ1n) is 5.96. The molecule has 0 bridgehead atoms. The van der Waals surface area contributed by atoms with Gasteiger partial charge in [0, 0.05) is 24.8 Å². The smallest absolute Gasteiger partial charge is 0.321 e. The standard InChI is InChI=1S/C13H19N3O2/c1-15(2)11-8-16(9-11)13(17)14-10-4-6-12(18-3)7-5-10/h4-7,11H,8-9H2,1-3H3,(H,14,17). The van der Waals surface area contributed by atoms with Gasteiger partial charge in [0.05, 0.1) is 7.11 Å². The third-order valence-electron chi connectivity index (χ3n) is 3.22. The first kappa shape index (κ1) is 12.7. The Kier molecular flexibility index (Phi) is 3.72. The number of likely N-dealkylation sites (N-methyl/N-ethyl adjacent to an activating group) is 1. The number of likely N-dealkylation sites (tertiary alicyclic amines) is 1. The summed E-state index contributed by atoms with van der Waals surface area (Å²) < 4.78 is 5.07. The summed E-state index contributed by atoms with van der Waals surface area (Å²) in [5.74, 6) is 0.782. The molecule has 1 aliphatic heterocycles. The van der Waals surface area contributed by atoms with E-state index in [0.717, 1.165) is 24.5 Å². The van der Waals surface area contributed by atoms with Crippen molar-refractivity contribution in [3.63, 3.8) is 0 Å². The largest absolute Gasteiger partial charge is 0.497 e. The summed E-state index contributed by atoms with van der Waals surface area (Å²) in [6.45, 7) is 1.57. The molecule has 0 spiro atoms. The molecule has 2 rings (SSSR count). The van der Waals surface area contributed by atoms with Gasteiger partial charge in [-0.1, -0.05) is 0 Å². The zero-order valence-corrected chi connectivity index (χ0v) is 11.0. The molecule has 5 heteroatoms. The molecule has 1 heterocycles. The second-order valence-corrected chi connectivity index (χ2v) is 4.68.